The normalized spacial score (nSPS) is 14.4. The molecule has 0 spiro atoms. The molecule has 0 aliphatic carbocycles. The highest BCUT2D eigenvalue weighted by atomic mass is 35.5. The van der Waals surface area contributed by atoms with Crippen molar-refractivity contribution in [2.75, 3.05) is 10.8 Å². The van der Waals surface area contributed by atoms with Gasteiger partial charge >= 0.3 is 0 Å². The smallest absolute Gasteiger partial charge is 0.261 e. The van der Waals surface area contributed by atoms with Gasteiger partial charge in [0.2, 0.25) is 0 Å². The van der Waals surface area contributed by atoms with Gasteiger partial charge in [0.1, 0.15) is 0 Å². The van der Waals surface area contributed by atoms with E-state index in [-0.39, 0.29) is 22.7 Å². The molecule has 168 valence electrons. The molecule has 11 heteroatoms. The molecule has 0 aromatic heterocycles. The summed E-state index contributed by atoms with van der Waals surface area (Å²) in [7, 11) is -4.16. The summed E-state index contributed by atoms with van der Waals surface area (Å²) in [5, 5.41) is 23.7. The maximum absolute atomic E-state index is 13.5. The number of fused-ring (bicyclic) bond motifs is 1. The van der Waals surface area contributed by atoms with Gasteiger partial charge in [-0.15, -0.1) is 0 Å². The van der Waals surface area contributed by atoms with Crippen LogP contribution in [0.2, 0.25) is 5.02 Å². The molecule has 0 atom stereocenters. The minimum atomic E-state index is -4.16. The van der Waals surface area contributed by atoms with Crippen molar-refractivity contribution in [3.05, 3.63) is 103 Å². The first-order valence-electron chi connectivity index (χ1n) is 9.60. The van der Waals surface area contributed by atoms with E-state index in [0.717, 1.165) is 22.0 Å². The van der Waals surface area contributed by atoms with Crippen LogP contribution in [0.1, 0.15) is 16.7 Å². The largest absolute Gasteiger partial charge is 0.285 e. The summed E-state index contributed by atoms with van der Waals surface area (Å²) in [6.45, 7) is 1.58. The number of nitro groups is 2. The van der Waals surface area contributed by atoms with Crippen LogP contribution < -0.4 is 4.31 Å². The number of halogens is 1. The Kier molecular flexibility index (Phi) is 5.64. The zero-order chi connectivity index (χ0) is 23.9. The topological polar surface area (TPSA) is 124 Å². The lowest BCUT2D eigenvalue weighted by Gasteiger charge is -2.19. The fraction of sp³-hybridized carbons (Fsp3) is 0.0909. The van der Waals surface area contributed by atoms with Crippen molar-refractivity contribution < 1.29 is 18.3 Å². The first-order valence-corrected chi connectivity index (χ1v) is 11.4. The molecule has 33 heavy (non-hydrogen) atoms. The second-order valence-corrected chi connectivity index (χ2v) is 9.72. The summed E-state index contributed by atoms with van der Waals surface area (Å²) in [4.78, 5) is 21.7. The summed E-state index contributed by atoms with van der Waals surface area (Å²) in [6, 6.07) is 14.6. The quantitative estimate of drug-likeness (QED) is 0.360. The van der Waals surface area contributed by atoms with E-state index in [1.165, 1.54) is 12.1 Å². The molecule has 0 amide bonds. The molecule has 3 aromatic carbocycles. The predicted molar refractivity (Wildman–Crippen MR) is 125 cm³/mol. The van der Waals surface area contributed by atoms with Crippen molar-refractivity contribution in [3.8, 4) is 0 Å². The number of rotatable bonds is 5. The standard InChI is InChI=1S/C22H16ClN3O6S/c1-14-2-8-19(9-3-14)33(31,32)24-13-16(10-15-4-6-17(23)7-5-15)22-20(24)11-18(25(27)28)12-21(22)26(29)30/h2-12H,13H2,1H3. The Morgan fingerprint density at radius 2 is 1.61 bits per heavy atom. The summed E-state index contributed by atoms with van der Waals surface area (Å²) in [5.41, 5.74) is 0.629. The fourth-order valence-corrected chi connectivity index (χ4v) is 5.19. The SMILES string of the molecule is Cc1ccc(S(=O)(=O)N2CC(=Cc3ccc(Cl)cc3)c3c2cc([N+](=O)[O-])cc3[N+](=O)[O-])cc1. The van der Waals surface area contributed by atoms with Gasteiger partial charge in [-0.3, -0.25) is 24.5 Å². The van der Waals surface area contributed by atoms with Crippen LogP contribution in [0.25, 0.3) is 11.6 Å². The van der Waals surface area contributed by atoms with Crippen molar-refractivity contribution in [3.63, 3.8) is 0 Å². The van der Waals surface area contributed by atoms with Crippen molar-refractivity contribution in [2.24, 2.45) is 0 Å². The molecule has 1 heterocycles. The zero-order valence-electron chi connectivity index (χ0n) is 17.1. The van der Waals surface area contributed by atoms with Crippen LogP contribution in [0.4, 0.5) is 17.1 Å². The number of nitrogens with zero attached hydrogens (tertiary/aromatic N) is 3. The number of hydrogen-bond donors (Lipinski definition) is 0. The summed E-state index contributed by atoms with van der Waals surface area (Å²) in [6.07, 6.45) is 1.61. The van der Waals surface area contributed by atoms with Crippen molar-refractivity contribution in [1.29, 1.82) is 0 Å². The Bertz CT molecular complexity index is 1420. The summed E-state index contributed by atoms with van der Waals surface area (Å²) >= 11 is 5.92. The van der Waals surface area contributed by atoms with Gasteiger partial charge in [0.25, 0.3) is 21.4 Å². The maximum atomic E-state index is 13.5. The molecule has 1 aliphatic heterocycles. The third-order valence-corrected chi connectivity index (χ3v) is 7.24. The van der Waals surface area contributed by atoms with Crippen LogP contribution >= 0.6 is 11.6 Å². The van der Waals surface area contributed by atoms with Crippen LogP contribution in [-0.4, -0.2) is 24.8 Å². The molecule has 0 fully saturated rings. The second kappa shape index (κ2) is 8.30. The van der Waals surface area contributed by atoms with Crippen LogP contribution in [0.3, 0.4) is 0 Å². The highest BCUT2D eigenvalue weighted by molar-refractivity contribution is 7.92. The van der Waals surface area contributed by atoms with Crippen LogP contribution in [0.15, 0.2) is 65.6 Å². The molecular weight excluding hydrogens is 470 g/mol. The number of hydrogen-bond acceptors (Lipinski definition) is 6. The van der Waals surface area contributed by atoms with Gasteiger partial charge in [-0.2, -0.15) is 0 Å². The molecule has 1 aliphatic rings. The fourth-order valence-electron chi connectivity index (χ4n) is 3.62. The third kappa shape index (κ3) is 4.18. The highest BCUT2D eigenvalue weighted by Gasteiger charge is 2.40. The zero-order valence-corrected chi connectivity index (χ0v) is 18.7. The Labute approximate surface area is 193 Å². The van der Waals surface area contributed by atoms with E-state index >= 15 is 0 Å². The average molecular weight is 486 g/mol. The predicted octanol–water partition coefficient (Wildman–Crippen LogP) is 5.21. The van der Waals surface area contributed by atoms with Crippen LogP contribution in [0, 0.1) is 27.2 Å². The molecule has 3 aromatic rings. The van der Waals surface area contributed by atoms with Crippen molar-refractivity contribution >= 4 is 50.3 Å². The van der Waals surface area contributed by atoms with Gasteiger partial charge in [0.05, 0.1) is 38.6 Å². The minimum absolute atomic E-state index is 0.0243. The number of sulfonamides is 1. The average Bonchev–Trinajstić information content (AvgIpc) is 3.14. The molecule has 4 rings (SSSR count). The van der Waals surface area contributed by atoms with E-state index in [2.05, 4.69) is 0 Å². The van der Waals surface area contributed by atoms with Gasteiger partial charge in [-0.25, -0.2) is 8.42 Å². The lowest BCUT2D eigenvalue weighted by molar-refractivity contribution is -0.394. The first-order chi connectivity index (χ1) is 15.6. The minimum Gasteiger partial charge on any atom is -0.261 e. The molecule has 0 unspecified atom stereocenters. The van der Waals surface area contributed by atoms with Gasteiger partial charge in [-0.05, 0) is 48.4 Å². The number of benzene rings is 3. The van der Waals surface area contributed by atoms with Gasteiger partial charge in [0.15, 0.2) is 0 Å². The van der Waals surface area contributed by atoms with E-state index in [4.69, 9.17) is 11.6 Å². The van der Waals surface area contributed by atoms with Gasteiger partial charge in [-0.1, -0.05) is 41.4 Å². The van der Waals surface area contributed by atoms with Crippen LogP contribution in [0.5, 0.6) is 0 Å². The van der Waals surface area contributed by atoms with Gasteiger partial charge < -0.3 is 0 Å². The third-order valence-electron chi connectivity index (χ3n) is 5.21. The Morgan fingerprint density at radius 3 is 2.18 bits per heavy atom. The Hall–Kier alpha value is -3.76. The van der Waals surface area contributed by atoms with E-state index in [9.17, 15) is 28.6 Å². The van der Waals surface area contributed by atoms with E-state index in [1.54, 1.807) is 49.4 Å². The van der Waals surface area contributed by atoms with Gasteiger partial charge in [0, 0.05) is 11.1 Å². The van der Waals surface area contributed by atoms with E-state index in [1.807, 2.05) is 0 Å². The number of non-ortho nitro benzene ring substituents is 1. The number of nitro benzene ring substituents is 2. The molecule has 0 saturated carbocycles. The molecular formula is C22H16ClN3O6S. The summed E-state index contributed by atoms with van der Waals surface area (Å²) < 4.78 is 27.9. The molecule has 0 saturated heterocycles. The van der Waals surface area contributed by atoms with Crippen LogP contribution in [-0.2, 0) is 10.0 Å². The second-order valence-electron chi connectivity index (χ2n) is 7.42. The molecule has 0 N–H and O–H groups in total. The maximum Gasteiger partial charge on any atom is 0.285 e. The monoisotopic (exact) mass is 485 g/mol. The van der Waals surface area contributed by atoms with Crippen molar-refractivity contribution in [2.45, 2.75) is 11.8 Å². The molecule has 0 bridgehead atoms. The summed E-state index contributed by atoms with van der Waals surface area (Å²) in [5.74, 6) is 0. The highest BCUT2D eigenvalue weighted by Crippen LogP contribution is 2.47. The molecule has 9 nitrogen and oxygen atoms in total. The number of anilines is 1. The van der Waals surface area contributed by atoms with Crippen molar-refractivity contribution in [1.82, 2.24) is 0 Å². The Balaban J connectivity index is 1.97. The first kappa shape index (κ1) is 22.4. The van der Waals surface area contributed by atoms with E-state index in [0.29, 0.717) is 16.2 Å². The lowest BCUT2D eigenvalue weighted by Crippen LogP contribution is -2.29. The molecule has 0 radical (unpaired) electrons. The number of aryl methyl sites for hydroxylation is 1. The lowest BCUT2D eigenvalue weighted by atomic mass is 10.0. The Morgan fingerprint density at radius 1 is 0.970 bits per heavy atom. The van der Waals surface area contributed by atoms with E-state index < -0.39 is 31.2 Å².